The molecule has 0 aliphatic carbocycles. The highest BCUT2D eigenvalue weighted by Gasteiger charge is 2.13. The SMILES string of the molecule is Clc1ccc(-c2cnnn2-c2cccc(Cl)c2Cl)cc1. The molecule has 3 nitrogen and oxygen atoms in total. The molecule has 0 amide bonds. The molecule has 0 saturated heterocycles. The van der Waals surface area contributed by atoms with Crippen molar-refractivity contribution in [2.24, 2.45) is 0 Å². The maximum atomic E-state index is 6.23. The number of rotatable bonds is 2. The molecule has 0 bridgehead atoms. The Kier molecular flexibility index (Phi) is 3.66. The Balaban J connectivity index is 2.15. The van der Waals surface area contributed by atoms with Crippen LogP contribution in [-0.2, 0) is 0 Å². The summed E-state index contributed by atoms with van der Waals surface area (Å²) < 4.78 is 1.65. The summed E-state index contributed by atoms with van der Waals surface area (Å²) >= 11 is 18.2. The summed E-state index contributed by atoms with van der Waals surface area (Å²) in [5.74, 6) is 0. The molecule has 0 saturated carbocycles. The first-order valence-corrected chi connectivity index (χ1v) is 6.91. The van der Waals surface area contributed by atoms with Crippen LogP contribution in [-0.4, -0.2) is 15.0 Å². The van der Waals surface area contributed by atoms with Crippen LogP contribution in [0.2, 0.25) is 15.1 Å². The van der Waals surface area contributed by atoms with Crippen molar-refractivity contribution in [3.05, 3.63) is 63.7 Å². The molecule has 0 fully saturated rings. The molecule has 0 spiro atoms. The zero-order chi connectivity index (χ0) is 14.1. The van der Waals surface area contributed by atoms with Gasteiger partial charge in [-0.05, 0) is 24.3 Å². The van der Waals surface area contributed by atoms with Crippen LogP contribution in [0.25, 0.3) is 16.9 Å². The van der Waals surface area contributed by atoms with Gasteiger partial charge in [0, 0.05) is 10.6 Å². The van der Waals surface area contributed by atoms with Gasteiger partial charge in [0.15, 0.2) is 0 Å². The Morgan fingerprint density at radius 1 is 0.900 bits per heavy atom. The Labute approximate surface area is 130 Å². The molecule has 6 heteroatoms. The first-order chi connectivity index (χ1) is 9.66. The van der Waals surface area contributed by atoms with E-state index in [1.807, 2.05) is 36.4 Å². The van der Waals surface area contributed by atoms with Gasteiger partial charge in [-0.15, -0.1) is 5.10 Å². The highest BCUT2D eigenvalue weighted by atomic mass is 35.5. The summed E-state index contributed by atoms with van der Waals surface area (Å²) in [7, 11) is 0. The first-order valence-electron chi connectivity index (χ1n) is 5.78. The van der Waals surface area contributed by atoms with E-state index in [0.717, 1.165) is 11.3 Å². The Morgan fingerprint density at radius 3 is 2.40 bits per heavy atom. The predicted molar refractivity (Wildman–Crippen MR) is 81.8 cm³/mol. The van der Waals surface area contributed by atoms with Crippen LogP contribution < -0.4 is 0 Å². The van der Waals surface area contributed by atoms with Gasteiger partial charge in [0.1, 0.15) is 0 Å². The fourth-order valence-electron chi connectivity index (χ4n) is 1.89. The van der Waals surface area contributed by atoms with Gasteiger partial charge in [0.05, 0.1) is 27.6 Å². The van der Waals surface area contributed by atoms with Crippen LogP contribution in [0.1, 0.15) is 0 Å². The fraction of sp³-hybridized carbons (Fsp3) is 0. The minimum Gasteiger partial charge on any atom is -0.211 e. The van der Waals surface area contributed by atoms with Crippen molar-refractivity contribution >= 4 is 34.8 Å². The molecule has 0 N–H and O–H groups in total. The van der Waals surface area contributed by atoms with Crippen molar-refractivity contribution in [1.82, 2.24) is 15.0 Å². The fourth-order valence-corrected chi connectivity index (χ4v) is 2.39. The van der Waals surface area contributed by atoms with E-state index in [4.69, 9.17) is 34.8 Å². The molecule has 0 aliphatic heterocycles. The van der Waals surface area contributed by atoms with Crippen LogP contribution in [0.5, 0.6) is 0 Å². The lowest BCUT2D eigenvalue weighted by Gasteiger charge is -2.09. The zero-order valence-electron chi connectivity index (χ0n) is 10.1. The van der Waals surface area contributed by atoms with Gasteiger partial charge in [-0.25, -0.2) is 4.68 Å². The molecule has 0 radical (unpaired) electrons. The Morgan fingerprint density at radius 2 is 1.65 bits per heavy atom. The zero-order valence-corrected chi connectivity index (χ0v) is 12.4. The average molecular weight is 325 g/mol. The standard InChI is InChI=1S/C14H8Cl3N3/c15-10-6-4-9(5-7-10)13-8-18-19-20(13)12-3-1-2-11(16)14(12)17/h1-8H. The van der Waals surface area contributed by atoms with Crippen molar-refractivity contribution in [3.8, 4) is 16.9 Å². The quantitative estimate of drug-likeness (QED) is 0.671. The average Bonchev–Trinajstić information content (AvgIpc) is 2.92. The second-order valence-electron chi connectivity index (χ2n) is 4.11. The van der Waals surface area contributed by atoms with Crippen LogP contribution >= 0.6 is 34.8 Å². The number of benzene rings is 2. The number of aromatic nitrogens is 3. The molecule has 1 heterocycles. The van der Waals surface area contributed by atoms with E-state index < -0.39 is 0 Å². The molecule has 0 atom stereocenters. The highest BCUT2D eigenvalue weighted by molar-refractivity contribution is 6.43. The molecular weight excluding hydrogens is 317 g/mol. The van der Waals surface area contributed by atoms with Crippen molar-refractivity contribution in [1.29, 1.82) is 0 Å². The lowest BCUT2D eigenvalue weighted by Crippen LogP contribution is -2.00. The van der Waals surface area contributed by atoms with Gasteiger partial charge < -0.3 is 0 Å². The van der Waals surface area contributed by atoms with Crippen molar-refractivity contribution in [3.63, 3.8) is 0 Å². The minimum absolute atomic E-state index is 0.440. The van der Waals surface area contributed by atoms with Gasteiger partial charge in [-0.1, -0.05) is 58.2 Å². The number of halogens is 3. The summed E-state index contributed by atoms with van der Waals surface area (Å²) in [5, 5.41) is 9.61. The monoisotopic (exact) mass is 323 g/mol. The van der Waals surface area contributed by atoms with E-state index in [1.54, 1.807) is 16.9 Å². The topological polar surface area (TPSA) is 30.7 Å². The lowest BCUT2D eigenvalue weighted by molar-refractivity contribution is 0.808. The van der Waals surface area contributed by atoms with Crippen LogP contribution in [0, 0.1) is 0 Å². The molecule has 0 aliphatic rings. The van der Waals surface area contributed by atoms with Crippen molar-refractivity contribution in [2.45, 2.75) is 0 Å². The largest absolute Gasteiger partial charge is 0.211 e. The number of hydrogen-bond acceptors (Lipinski definition) is 2. The third-order valence-corrected chi connectivity index (χ3v) is 3.91. The number of hydrogen-bond donors (Lipinski definition) is 0. The summed E-state index contributed by atoms with van der Waals surface area (Å²) in [6.07, 6.45) is 1.67. The molecule has 0 unspecified atom stereocenters. The molecule has 3 aromatic rings. The van der Waals surface area contributed by atoms with Gasteiger partial charge in [0.25, 0.3) is 0 Å². The summed E-state index contributed by atoms with van der Waals surface area (Å²) in [4.78, 5) is 0. The van der Waals surface area contributed by atoms with Crippen LogP contribution in [0.3, 0.4) is 0 Å². The molecular formula is C14H8Cl3N3. The lowest BCUT2D eigenvalue weighted by atomic mass is 10.1. The highest BCUT2D eigenvalue weighted by Crippen LogP contribution is 2.31. The van der Waals surface area contributed by atoms with E-state index in [0.29, 0.717) is 20.8 Å². The predicted octanol–water partition coefficient (Wildman–Crippen LogP) is 4.89. The van der Waals surface area contributed by atoms with E-state index in [1.165, 1.54) is 0 Å². The van der Waals surface area contributed by atoms with Gasteiger partial charge in [0.2, 0.25) is 0 Å². The number of nitrogens with zero attached hydrogens (tertiary/aromatic N) is 3. The van der Waals surface area contributed by atoms with E-state index in [9.17, 15) is 0 Å². The molecule has 2 aromatic carbocycles. The van der Waals surface area contributed by atoms with Crippen LogP contribution in [0.15, 0.2) is 48.7 Å². The van der Waals surface area contributed by atoms with Crippen molar-refractivity contribution in [2.75, 3.05) is 0 Å². The van der Waals surface area contributed by atoms with Gasteiger partial charge >= 0.3 is 0 Å². The van der Waals surface area contributed by atoms with E-state index in [-0.39, 0.29) is 0 Å². The summed E-state index contributed by atoms with van der Waals surface area (Å²) in [5.41, 5.74) is 2.43. The second kappa shape index (κ2) is 5.44. The van der Waals surface area contributed by atoms with Gasteiger partial charge in [-0.2, -0.15) is 0 Å². The first kappa shape index (κ1) is 13.4. The Hall–Kier alpha value is -1.55. The second-order valence-corrected chi connectivity index (χ2v) is 5.33. The van der Waals surface area contributed by atoms with Crippen LogP contribution in [0.4, 0.5) is 0 Å². The summed E-state index contributed by atoms with van der Waals surface area (Å²) in [6, 6.07) is 12.8. The molecule has 100 valence electrons. The summed E-state index contributed by atoms with van der Waals surface area (Å²) in [6.45, 7) is 0. The smallest absolute Gasteiger partial charge is 0.0944 e. The maximum Gasteiger partial charge on any atom is 0.0944 e. The van der Waals surface area contributed by atoms with Crippen molar-refractivity contribution < 1.29 is 0 Å². The minimum atomic E-state index is 0.440. The molecule has 20 heavy (non-hydrogen) atoms. The molecule has 1 aromatic heterocycles. The third-order valence-electron chi connectivity index (χ3n) is 2.85. The van der Waals surface area contributed by atoms with E-state index >= 15 is 0 Å². The third kappa shape index (κ3) is 2.40. The maximum absolute atomic E-state index is 6.23. The Bertz CT molecular complexity index is 751. The molecule has 3 rings (SSSR count). The van der Waals surface area contributed by atoms with E-state index in [2.05, 4.69) is 10.3 Å². The van der Waals surface area contributed by atoms with Gasteiger partial charge in [-0.3, -0.25) is 0 Å². The normalized spacial score (nSPS) is 10.8.